The summed E-state index contributed by atoms with van der Waals surface area (Å²) in [5.41, 5.74) is 2.09. The molecule has 38 heavy (non-hydrogen) atoms. The van der Waals surface area contributed by atoms with Crippen molar-refractivity contribution in [2.45, 2.75) is 19.3 Å². The van der Waals surface area contributed by atoms with Crippen LogP contribution in [0.15, 0.2) is 85.2 Å². The fourth-order valence-corrected chi connectivity index (χ4v) is 4.44. The summed E-state index contributed by atoms with van der Waals surface area (Å²) < 4.78 is 11.4. The Morgan fingerprint density at radius 1 is 0.974 bits per heavy atom. The zero-order chi connectivity index (χ0) is 26.2. The van der Waals surface area contributed by atoms with E-state index in [0.29, 0.717) is 22.8 Å². The van der Waals surface area contributed by atoms with Gasteiger partial charge in [0.25, 0.3) is 0 Å². The highest BCUT2D eigenvalue weighted by molar-refractivity contribution is 6.03. The molecule has 0 atom stereocenters. The van der Waals surface area contributed by atoms with E-state index in [1.165, 1.54) is 25.6 Å². The van der Waals surface area contributed by atoms with E-state index in [0.717, 1.165) is 42.2 Å². The third kappa shape index (κ3) is 6.46. The summed E-state index contributed by atoms with van der Waals surface area (Å²) >= 11 is 0. The molecule has 3 aromatic carbocycles. The fraction of sp³-hybridized carbons (Fsp3) is 0.233. The first kappa shape index (κ1) is 25.2. The number of amides is 1. The standard InChI is InChI=1S/C30H31N5O3/c1-37-28-20-26-25(19-27(28)34-29(36)11-8-18-35-16-6-3-7-17-35)30(32-21-31-26)33-22-12-14-24(15-13-22)38-23-9-4-2-5-10-23/h2,4-5,8-15,19-21H,3,6-7,16-18H2,1H3,(H,34,36)(H,31,32,33). The number of anilines is 3. The lowest BCUT2D eigenvalue weighted by Crippen LogP contribution is -2.29. The topological polar surface area (TPSA) is 88.6 Å². The second kappa shape index (κ2) is 12.2. The highest BCUT2D eigenvalue weighted by Gasteiger charge is 2.13. The monoisotopic (exact) mass is 509 g/mol. The summed E-state index contributed by atoms with van der Waals surface area (Å²) in [6.07, 6.45) is 8.72. The number of carbonyl (C=O) groups is 1. The van der Waals surface area contributed by atoms with Gasteiger partial charge in [0.2, 0.25) is 5.91 Å². The molecule has 5 rings (SSSR count). The molecule has 0 aliphatic carbocycles. The molecule has 1 aromatic heterocycles. The van der Waals surface area contributed by atoms with Crippen LogP contribution in [-0.2, 0) is 4.79 Å². The number of hydrogen-bond donors (Lipinski definition) is 2. The van der Waals surface area contributed by atoms with E-state index in [1.54, 1.807) is 19.3 Å². The summed E-state index contributed by atoms with van der Waals surface area (Å²) in [6, 6.07) is 20.9. The summed E-state index contributed by atoms with van der Waals surface area (Å²) in [5.74, 6) is 2.45. The Bertz CT molecular complexity index is 1400. The Labute approximate surface area is 222 Å². The average Bonchev–Trinajstić information content (AvgIpc) is 2.95. The molecule has 1 aliphatic rings. The Morgan fingerprint density at radius 3 is 2.50 bits per heavy atom. The van der Waals surface area contributed by atoms with Gasteiger partial charge in [-0.3, -0.25) is 9.69 Å². The first-order valence-corrected chi connectivity index (χ1v) is 12.8. The zero-order valence-electron chi connectivity index (χ0n) is 21.4. The van der Waals surface area contributed by atoms with Crippen LogP contribution < -0.4 is 20.1 Å². The van der Waals surface area contributed by atoms with Crippen molar-refractivity contribution >= 4 is 34.0 Å². The van der Waals surface area contributed by atoms with Crippen molar-refractivity contribution in [2.24, 2.45) is 0 Å². The van der Waals surface area contributed by atoms with Crippen molar-refractivity contribution in [2.75, 3.05) is 37.4 Å². The molecule has 8 nitrogen and oxygen atoms in total. The predicted octanol–water partition coefficient (Wildman–Crippen LogP) is 6.15. The number of benzene rings is 3. The van der Waals surface area contributed by atoms with E-state index < -0.39 is 0 Å². The minimum absolute atomic E-state index is 0.208. The normalized spacial score (nSPS) is 13.9. The van der Waals surface area contributed by atoms with Gasteiger partial charge in [0.1, 0.15) is 29.4 Å². The highest BCUT2D eigenvalue weighted by Crippen LogP contribution is 2.33. The molecule has 1 fully saturated rings. The maximum Gasteiger partial charge on any atom is 0.248 e. The number of nitrogens with zero attached hydrogens (tertiary/aromatic N) is 3. The fourth-order valence-electron chi connectivity index (χ4n) is 4.44. The highest BCUT2D eigenvalue weighted by atomic mass is 16.5. The van der Waals surface area contributed by atoms with Crippen LogP contribution in [0, 0.1) is 0 Å². The first-order chi connectivity index (χ1) is 18.7. The number of hydrogen-bond acceptors (Lipinski definition) is 7. The molecule has 2 N–H and O–H groups in total. The summed E-state index contributed by atoms with van der Waals surface area (Å²) in [4.78, 5) is 23.9. The number of ether oxygens (including phenoxy) is 2. The van der Waals surface area contributed by atoms with Gasteiger partial charge in [-0.25, -0.2) is 9.97 Å². The smallest absolute Gasteiger partial charge is 0.248 e. The van der Waals surface area contributed by atoms with Crippen LogP contribution in [0.3, 0.4) is 0 Å². The molecule has 4 aromatic rings. The number of piperidine rings is 1. The third-order valence-corrected chi connectivity index (χ3v) is 6.39. The van der Waals surface area contributed by atoms with Crippen molar-refractivity contribution in [3.63, 3.8) is 0 Å². The quantitative estimate of drug-likeness (QED) is 0.261. The van der Waals surface area contributed by atoms with E-state index in [9.17, 15) is 4.79 Å². The molecular formula is C30H31N5O3. The molecule has 1 amide bonds. The van der Waals surface area contributed by atoms with Crippen LogP contribution in [0.5, 0.6) is 17.2 Å². The summed E-state index contributed by atoms with van der Waals surface area (Å²) in [6.45, 7) is 2.95. The number of carbonyl (C=O) groups excluding carboxylic acids is 1. The van der Waals surface area contributed by atoms with E-state index in [-0.39, 0.29) is 5.91 Å². The summed E-state index contributed by atoms with van der Waals surface area (Å²) in [5, 5.41) is 7.05. The van der Waals surface area contributed by atoms with Gasteiger partial charge in [0, 0.05) is 29.8 Å². The molecule has 2 heterocycles. The largest absolute Gasteiger partial charge is 0.494 e. The molecule has 0 radical (unpaired) electrons. The van der Waals surface area contributed by atoms with Gasteiger partial charge in [-0.05, 0) is 68.4 Å². The van der Waals surface area contributed by atoms with Crippen molar-refractivity contribution in [3.05, 3.63) is 85.2 Å². The lowest BCUT2D eigenvalue weighted by atomic mass is 10.1. The SMILES string of the molecule is COc1cc2ncnc(Nc3ccc(Oc4ccccc4)cc3)c2cc1NC(=O)C=CCN1CCCCC1. The maximum absolute atomic E-state index is 12.7. The minimum atomic E-state index is -0.208. The molecule has 8 heteroatoms. The van der Waals surface area contributed by atoms with E-state index >= 15 is 0 Å². The van der Waals surface area contributed by atoms with E-state index in [4.69, 9.17) is 9.47 Å². The molecule has 1 saturated heterocycles. The van der Waals surface area contributed by atoms with Crippen molar-refractivity contribution in [1.82, 2.24) is 14.9 Å². The Kier molecular flexibility index (Phi) is 8.10. The van der Waals surface area contributed by atoms with Gasteiger partial charge >= 0.3 is 0 Å². The molecule has 0 saturated carbocycles. The van der Waals surface area contributed by atoms with Gasteiger partial charge in [0.05, 0.1) is 18.3 Å². The number of likely N-dealkylation sites (tertiary alicyclic amines) is 1. The van der Waals surface area contributed by atoms with Gasteiger partial charge in [-0.2, -0.15) is 0 Å². The molecule has 0 unspecified atom stereocenters. The van der Waals surface area contributed by atoms with Gasteiger partial charge in [-0.15, -0.1) is 0 Å². The summed E-state index contributed by atoms with van der Waals surface area (Å²) in [7, 11) is 1.57. The van der Waals surface area contributed by atoms with Crippen LogP contribution in [-0.4, -0.2) is 47.5 Å². The lowest BCUT2D eigenvalue weighted by Gasteiger charge is -2.24. The third-order valence-electron chi connectivity index (χ3n) is 6.39. The predicted molar refractivity (Wildman–Crippen MR) is 150 cm³/mol. The molecule has 194 valence electrons. The Morgan fingerprint density at radius 2 is 1.74 bits per heavy atom. The Balaban J connectivity index is 1.30. The van der Waals surface area contributed by atoms with Crippen LogP contribution in [0.25, 0.3) is 10.9 Å². The van der Waals surface area contributed by atoms with Gasteiger partial charge in [0.15, 0.2) is 0 Å². The number of aromatic nitrogens is 2. The van der Waals surface area contributed by atoms with Gasteiger partial charge < -0.3 is 20.1 Å². The lowest BCUT2D eigenvalue weighted by molar-refractivity contribution is -0.111. The van der Waals surface area contributed by atoms with Crippen molar-refractivity contribution in [3.8, 4) is 17.2 Å². The number of rotatable bonds is 9. The molecular weight excluding hydrogens is 478 g/mol. The van der Waals surface area contributed by atoms with Crippen LogP contribution in [0.1, 0.15) is 19.3 Å². The maximum atomic E-state index is 12.7. The van der Waals surface area contributed by atoms with E-state index in [2.05, 4.69) is 25.5 Å². The van der Waals surface area contributed by atoms with Crippen molar-refractivity contribution < 1.29 is 14.3 Å². The van der Waals surface area contributed by atoms with Gasteiger partial charge in [-0.1, -0.05) is 30.7 Å². The van der Waals surface area contributed by atoms with Crippen molar-refractivity contribution in [1.29, 1.82) is 0 Å². The van der Waals surface area contributed by atoms with Crippen LogP contribution >= 0.6 is 0 Å². The molecule has 0 bridgehead atoms. The first-order valence-electron chi connectivity index (χ1n) is 12.8. The number of fused-ring (bicyclic) bond motifs is 1. The number of methoxy groups -OCH3 is 1. The second-order valence-corrected chi connectivity index (χ2v) is 9.11. The molecule has 1 aliphatic heterocycles. The van der Waals surface area contributed by atoms with Crippen LogP contribution in [0.2, 0.25) is 0 Å². The second-order valence-electron chi connectivity index (χ2n) is 9.11. The van der Waals surface area contributed by atoms with Crippen LogP contribution in [0.4, 0.5) is 17.2 Å². The molecule has 0 spiro atoms. The van der Waals surface area contributed by atoms with E-state index in [1.807, 2.05) is 66.7 Å². The minimum Gasteiger partial charge on any atom is -0.494 e. The number of nitrogens with one attached hydrogen (secondary N) is 2. The Hall–Kier alpha value is -4.43. The zero-order valence-corrected chi connectivity index (χ0v) is 21.4. The average molecular weight is 510 g/mol. The number of para-hydroxylation sites is 1.